The molecule has 0 fully saturated rings. The molecule has 0 bridgehead atoms. The van der Waals surface area contributed by atoms with E-state index in [1.165, 1.54) is 0 Å². The maximum absolute atomic E-state index is 12.8. The largest absolute Gasteiger partial charge is 0.455 e. The molecule has 10 heteroatoms. The molecule has 6 aromatic carbocycles. The van der Waals surface area contributed by atoms with E-state index in [9.17, 15) is 4.79 Å². The Bertz CT molecular complexity index is 2110. The van der Waals surface area contributed by atoms with Crippen LogP contribution in [0.2, 0.25) is 0 Å². The van der Waals surface area contributed by atoms with Crippen molar-refractivity contribution in [1.82, 2.24) is 0 Å². The Morgan fingerprint density at radius 3 is 1.79 bits per heavy atom. The molecule has 2 aliphatic rings. The molecule has 0 saturated heterocycles. The highest BCUT2D eigenvalue weighted by atomic mass is 79.9. The predicted molar refractivity (Wildman–Crippen MR) is 203 cm³/mol. The summed E-state index contributed by atoms with van der Waals surface area (Å²) in [4.78, 5) is 14.5. The third-order valence-electron chi connectivity index (χ3n) is 8.15. The summed E-state index contributed by atoms with van der Waals surface area (Å²) in [5.41, 5.74) is 3.54. The van der Waals surface area contributed by atoms with E-state index >= 15 is 0 Å². The first kappa shape index (κ1) is 34.3. The third kappa shape index (κ3) is 8.25. The number of halogens is 1. The molecule has 2 heterocycles. The highest BCUT2D eigenvalue weighted by Gasteiger charge is 2.24. The normalized spacial score (nSPS) is 11.9. The topological polar surface area (TPSA) is 87.7 Å². The molecule has 0 unspecified atom stereocenters. The number of ether oxygens (including phenoxy) is 6. The summed E-state index contributed by atoms with van der Waals surface area (Å²) in [6, 6.07) is 46.2. The summed E-state index contributed by atoms with van der Waals surface area (Å²) in [6.07, 6.45) is 0. The molecule has 1 N–H and O–H groups in total. The average molecular weight is 760 g/mol. The summed E-state index contributed by atoms with van der Waals surface area (Å²) < 4.78 is 34.1. The van der Waals surface area contributed by atoms with Crippen LogP contribution in [0.3, 0.4) is 0 Å². The maximum Gasteiger partial charge on any atom is 0.238 e. The van der Waals surface area contributed by atoms with Crippen molar-refractivity contribution >= 4 is 33.2 Å². The van der Waals surface area contributed by atoms with Gasteiger partial charge in [0.2, 0.25) is 19.5 Å². The van der Waals surface area contributed by atoms with Gasteiger partial charge >= 0.3 is 0 Å². The Labute approximate surface area is 310 Å². The monoisotopic (exact) mass is 758 g/mol. The molecular weight excluding hydrogens is 724 g/mol. The lowest BCUT2D eigenvalue weighted by molar-refractivity contribution is -0.116. The van der Waals surface area contributed by atoms with Gasteiger partial charge in [0, 0.05) is 17.7 Å². The smallest absolute Gasteiger partial charge is 0.238 e. The van der Waals surface area contributed by atoms with Crippen LogP contribution in [0, 0.1) is 0 Å². The number of nitrogens with zero attached hydrogens (tertiary/aromatic N) is 1. The zero-order valence-electron chi connectivity index (χ0n) is 28.1. The van der Waals surface area contributed by atoms with Gasteiger partial charge in [-0.15, -0.1) is 0 Å². The van der Waals surface area contributed by atoms with E-state index in [4.69, 9.17) is 28.4 Å². The number of benzene rings is 6. The van der Waals surface area contributed by atoms with Crippen molar-refractivity contribution in [1.29, 1.82) is 0 Å². The number of carbonyl (C=O) groups excluding carboxylic acids is 1. The second kappa shape index (κ2) is 16.7. The van der Waals surface area contributed by atoms with Crippen molar-refractivity contribution in [3.63, 3.8) is 0 Å². The van der Waals surface area contributed by atoms with Gasteiger partial charge in [-0.1, -0.05) is 101 Å². The number of carbonyl (C=O) groups is 1. The summed E-state index contributed by atoms with van der Waals surface area (Å²) in [5, 5.41) is 3.61. The SMILES string of the molecule is O=C(CBr)N(Cc1cccc2c1OCO2)c1ccccc1Oc1ccccc1.c1ccc(Oc2ccccc2NCc2cccc3c2OCO3)cc1. The molecule has 9 nitrogen and oxygen atoms in total. The van der Waals surface area contributed by atoms with Gasteiger partial charge in [-0.3, -0.25) is 4.79 Å². The summed E-state index contributed by atoms with van der Waals surface area (Å²) in [6.45, 7) is 1.43. The first-order chi connectivity index (χ1) is 25.7. The van der Waals surface area contributed by atoms with E-state index in [0.29, 0.717) is 41.8 Å². The number of fused-ring (bicyclic) bond motifs is 2. The second-order valence-electron chi connectivity index (χ2n) is 11.6. The summed E-state index contributed by atoms with van der Waals surface area (Å²) in [7, 11) is 0. The second-order valence-corrected chi connectivity index (χ2v) is 12.1. The number of rotatable bonds is 11. The van der Waals surface area contributed by atoms with Crippen molar-refractivity contribution in [2.24, 2.45) is 0 Å². The molecule has 2 aliphatic heterocycles. The standard InChI is InChI=1S/C22H18BrNO4.C20H17NO3/c23-13-21(25)24(14-16-7-6-12-20-22(16)27-15-26-20)18-10-4-5-11-19(18)28-17-8-2-1-3-9-17;1-2-8-16(9-3-1)24-18-11-5-4-10-17(18)21-13-15-7-6-12-19-20(15)23-14-22-19/h1-12H,13-15H2;1-12,21H,13-14H2. The van der Waals surface area contributed by atoms with Gasteiger partial charge < -0.3 is 38.6 Å². The summed E-state index contributed by atoms with van der Waals surface area (Å²) >= 11 is 3.29. The highest BCUT2D eigenvalue weighted by molar-refractivity contribution is 9.09. The minimum atomic E-state index is -0.0827. The van der Waals surface area contributed by atoms with Crippen LogP contribution in [-0.4, -0.2) is 24.8 Å². The molecule has 6 aromatic rings. The lowest BCUT2D eigenvalue weighted by Crippen LogP contribution is -2.31. The predicted octanol–water partition coefficient (Wildman–Crippen LogP) is 9.96. The average Bonchev–Trinajstić information content (AvgIpc) is 3.89. The van der Waals surface area contributed by atoms with Crippen molar-refractivity contribution in [2.75, 3.05) is 29.1 Å². The number of hydrogen-bond acceptors (Lipinski definition) is 8. The Balaban J connectivity index is 0.000000164. The Kier molecular flexibility index (Phi) is 11.0. The van der Waals surface area contributed by atoms with Crippen LogP contribution < -0.4 is 38.6 Å². The van der Waals surface area contributed by atoms with Crippen LogP contribution in [0.15, 0.2) is 146 Å². The summed E-state index contributed by atoms with van der Waals surface area (Å²) in [5.74, 6) is 5.80. The lowest BCUT2D eigenvalue weighted by Gasteiger charge is -2.25. The van der Waals surface area contributed by atoms with Gasteiger partial charge in [0.25, 0.3) is 0 Å². The maximum atomic E-state index is 12.8. The fourth-order valence-electron chi connectivity index (χ4n) is 5.68. The minimum Gasteiger partial charge on any atom is -0.455 e. The molecule has 1 amide bonds. The van der Waals surface area contributed by atoms with E-state index in [2.05, 4.69) is 21.2 Å². The Hall–Kier alpha value is -6.13. The molecule has 8 rings (SSSR count). The highest BCUT2D eigenvalue weighted by Crippen LogP contribution is 2.39. The van der Waals surface area contributed by atoms with Crippen molar-refractivity contribution < 1.29 is 33.2 Å². The number of nitrogens with one attached hydrogen (secondary N) is 1. The van der Waals surface area contributed by atoms with Gasteiger partial charge in [-0.05, 0) is 60.7 Å². The third-order valence-corrected chi connectivity index (χ3v) is 8.63. The Morgan fingerprint density at radius 2 is 1.13 bits per heavy atom. The quantitative estimate of drug-likeness (QED) is 0.131. The number of para-hydroxylation sites is 8. The number of hydrogen-bond donors (Lipinski definition) is 1. The van der Waals surface area contributed by atoms with Gasteiger partial charge in [-0.25, -0.2) is 0 Å². The molecular formula is C42H35BrN2O7. The van der Waals surface area contributed by atoms with Gasteiger partial charge in [0.15, 0.2) is 34.5 Å². The molecule has 0 radical (unpaired) electrons. The van der Waals surface area contributed by atoms with Crippen LogP contribution in [0.1, 0.15) is 11.1 Å². The minimum absolute atomic E-state index is 0.0827. The van der Waals surface area contributed by atoms with Gasteiger partial charge in [-0.2, -0.15) is 0 Å². The van der Waals surface area contributed by atoms with E-state index in [1.807, 2.05) is 146 Å². The number of amides is 1. The van der Waals surface area contributed by atoms with Crippen LogP contribution in [0.5, 0.6) is 46.0 Å². The van der Waals surface area contributed by atoms with Gasteiger partial charge in [0.1, 0.15) is 11.5 Å². The molecule has 262 valence electrons. The number of anilines is 2. The fourth-order valence-corrected chi connectivity index (χ4v) is 5.99. The van der Waals surface area contributed by atoms with Gasteiger partial charge in [0.05, 0.1) is 23.2 Å². The Morgan fingerprint density at radius 1 is 0.596 bits per heavy atom. The van der Waals surface area contributed by atoms with E-state index in [0.717, 1.165) is 39.8 Å². The molecule has 0 aliphatic carbocycles. The van der Waals surface area contributed by atoms with Crippen molar-refractivity contribution in [3.05, 3.63) is 157 Å². The lowest BCUT2D eigenvalue weighted by atomic mass is 10.1. The van der Waals surface area contributed by atoms with Crippen LogP contribution in [0.4, 0.5) is 11.4 Å². The first-order valence-corrected chi connectivity index (χ1v) is 17.8. The fraction of sp³-hybridized carbons (Fsp3) is 0.119. The zero-order valence-corrected chi connectivity index (χ0v) is 29.7. The van der Waals surface area contributed by atoms with Crippen molar-refractivity contribution in [3.8, 4) is 46.0 Å². The van der Waals surface area contributed by atoms with Crippen molar-refractivity contribution in [2.45, 2.75) is 13.1 Å². The van der Waals surface area contributed by atoms with E-state index in [-0.39, 0.29) is 24.8 Å². The first-order valence-electron chi connectivity index (χ1n) is 16.7. The van der Waals surface area contributed by atoms with Crippen LogP contribution >= 0.6 is 15.9 Å². The van der Waals surface area contributed by atoms with E-state index < -0.39 is 0 Å². The molecule has 0 saturated carbocycles. The van der Waals surface area contributed by atoms with Crippen LogP contribution in [-0.2, 0) is 17.9 Å². The molecule has 52 heavy (non-hydrogen) atoms. The molecule has 0 atom stereocenters. The van der Waals surface area contributed by atoms with E-state index in [1.54, 1.807) is 4.90 Å². The molecule has 0 aromatic heterocycles. The van der Waals surface area contributed by atoms with Crippen LogP contribution in [0.25, 0.3) is 0 Å². The zero-order chi connectivity index (χ0) is 35.5. The molecule has 0 spiro atoms. The number of alkyl halides is 1.